The fourth-order valence-electron chi connectivity index (χ4n) is 0.842. The minimum absolute atomic E-state index is 0.0959. The number of hydrogen-bond acceptors (Lipinski definition) is 2. The zero-order valence-corrected chi connectivity index (χ0v) is 13.7. The summed E-state index contributed by atoms with van der Waals surface area (Å²) in [6.45, 7) is 6.12. The number of para-hydroxylation sites is 1. The first kappa shape index (κ1) is 13.4. The molecule has 0 N–H and O–H groups in total. The van der Waals surface area contributed by atoms with Crippen LogP contribution in [0.3, 0.4) is 0 Å². The van der Waals surface area contributed by atoms with E-state index < -0.39 is 0 Å². The van der Waals surface area contributed by atoms with Gasteiger partial charge in [-0.2, -0.15) is 0 Å². The van der Waals surface area contributed by atoms with Gasteiger partial charge in [0, 0.05) is 0 Å². The van der Waals surface area contributed by atoms with Crippen molar-refractivity contribution in [2.75, 3.05) is 0 Å². The summed E-state index contributed by atoms with van der Waals surface area (Å²) in [4.78, 5) is 0. The molecule has 1 rings (SSSR count). The van der Waals surface area contributed by atoms with E-state index >= 15 is 0 Å². The number of benzene rings is 1. The maximum atomic E-state index is 5.60. The first-order valence-corrected chi connectivity index (χ1v) is 6.27. The highest BCUT2D eigenvalue weighted by Gasteiger charge is 2.10. The molecule has 4 heteroatoms. The van der Waals surface area contributed by atoms with Crippen molar-refractivity contribution >= 4 is 21.0 Å². The van der Waals surface area contributed by atoms with Gasteiger partial charge in [0.05, 0.1) is 0 Å². The average molecular weight is 228 g/mol. The zero-order valence-electron chi connectivity index (χ0n) is 9.70. The molecule has 0 atom stereocenters. The van der Waals surface area contributed by atoms with Crippen LogP contribution in [0.15, 0.2) is 30.3 Å². The van der Waals surface area contributed by atoms with E-state index in [9.17, 15) is 0 Å². The second kappa shape index (κ2) is 6.81. The monoisotopic (exact) mass is 228 g/mol. The first-order valence-electron chi connectivity index (χ1n) is 4.64. The molecule has 0 heterocycles. The molecule has 0 aromatic heterocycles. The highest BCUT2D eigenvalue weighted by atomic mass is 28.3. The molecular formula is C10H20O2Si2. The highest BCUT2D eigenvalue weighted by Crippen LogP contribution is 2.16. The third kappa shape index (κ3) is 8.03. The standard InChI is InChI=1S/C10H14O.H6OSi2/c1-10(2,3)11-9-7-5-4-6-8-9;2-1-3/h4-8H,1-3H3;2-3H3. The molecule has 0 aliphatic rings. The van der Waals surface area contributed by atoms with Crippen LogP contribution in [0.2, 0.25) is 0 Å². The topological polar surface area (TPSA) is 18.5 Å². The zero-order chi connectivity index (χ0) is 11.0. The van der Waals surface area contributed by atoms with Crippen LogP contribution in [0.5, 0.6) is 5.75 Å². The molecule has 0 spiro atoms. The Balaban J connectivity index is 0.000000500. The predicted octanol–water partition coefficient (Wildman–Crippen LogP) is 0.428. The molecule has 14 heavy (non-hydrogen) atoms. The van der Waals surface area contributed by atoms with E-state index in [1.807, 2.05) is 51.1 Å². The van der Waals surface area contributed by atoms with Gasteiger partial charge >= 0.3 is 0 Å². The summed E-state index contributed by atoms with van der Waals surface area (Å²) < 4.78 is 10.1. The summed E-state index contributed by atoms with van der Waals surface area (Å²) in [5.41, 5.74) is -0.0959. The Morgan fingerprint density at radius 3 is 1.79 bits per heavy atom. The lowest BCUT2D eigenvalue weighted by Gasteiger charge is -2.20. The maximum absolute atomic E-state index is 5.60. The first-order chi connectivity index (χ1) is 6.49. The molecule has 2 nitrogen and oxygen atoms in total. The number of ether oxygens (including phenoxy) is 1. The lowest BCUT2D eigenvalue weighted by molar-refractivity contribution is 0.131. The molecule has 0 bridgehead atoms. The normalized spacial score (nSPS) is 10.5. The van der Waals surface area contributed by atoms with Crippen molar-refractivity contribution in [3.8, 4) is 5.75 Å². The summed E-state index contributed by atoms with van der Waals surface area (Å²) in [7, 11) is 1.86. The fourth-order valence-corrected chi connectivity index (χ4v) is 0.842. The Morgan fingerprint density at radius 2 is 1.43 bits per heavy atom. The molecule has 0 radical (unpaired) electrons. The van der Waals surface area contributed by atoms with Gasteiger partial charge in [-0.1, -0.05) is 18.2 Å². The van der Waals surface area contributed by atoms with Crippen molar-refractivity contribution in [2.24, 2.45) is 0 Å². The van der Waals surface area contributed by atoms with Crippen LogP contribution in [-0.4, -0.2) is 26.6 Å². The Morgan fingerprint density at radius 1 is 1.00 bits per heavy atom. The van der Waals surface area contributed by atoms with E-state index in [1.54, 1.807) is 0 Å². The van der Waals surface area contributed by atoms with Crippen LogP contribution in [0.25, 0.3) is 0 Å². The van der Waals surface area contributed by atoms with Gasteiger partial charge in [-0.15, -0.1) is 0 Å². The number of rotatable bonds is 1. The Bertz CT molecular complexity index is 232. The molecule has 0 unspecified atom stereocenters. The molecule has 0 fully saturated rings. The van der Waals surface area contributed by atoms with Crippen molar-refractivity contribution in [3.63, 3.8) is 0 Å². The third-order valence-corrected chi connectivity index (χ3v) is 1.17. The van der Waals surface area contributed by atoms with Crippen LogP contribution in [0.1, 0.15) is 20.8 Å². The molecular weight excluding hydrogens is 208 g/mol. The van der Waals surface area contributed by atoms with E-state index in [2.05, 4.69) is 4.12 Å². The molecule has 1 aromatic rings. The fraction of sp³-hybridized carbons (Fsp3) is 0.400. The smallest absolute Gasteiger partial charge is 0.129 e. The van der Waals surface area contributed by atoms with E-state index in [-0.39, 0.29) is 5.60 Å². The van der Waals surface area contributed by atoms with Crippen molar-refractivity contribution in [3.05, 3.63) is 30.3 Å². The number of hydrogen-bond donors (Lipinski definition) is 0. The third-order valence-electron chi connectivity index (χ3n) is 1.17. The van der Waals surface area contributed by atoms with Gasteiger partial charge in [-0.05, 0) is 32.9 Å². The summed E-state index contributed by atoms with van der Waals surface area (Å²) in [6.07, 6.45) is 0. The van der Waals surface area contributed by atoms with Crippen molar-refractivity contribution in [2.45, 2.75) is 26.4 Å². The molecule has 0 saturated heterocycles. The van der Waals surface area contributed by atoms with Gasteiger partial charge in [0.15, 0.2) is 0 Å². The summed E-state index contributed by atoms with van der Waals surface area (Å²) in [5, 5.41) is 0. The van der Waals surface area contributed by atoms with Gasteiger partial charge in [0.25, 0.3) is 0 Å². The molecule has 0 aliphatic carbocycles. The molecule has 0 saturated carbocycles. The van der Waals surface area contributed by atoms with E-state index in [4.69, 9.17) is 4.74 Å². The molecule has 0 amide bonds. The van der Waals surface area contributed by atoms with E-state index in [0.717, 1.165) is 26.7 Å². The molecule has 1 aromatic carbocycles. The lowest BCUT2D eigenvalue weighted by Crippen LogP contribution is -2.22. The second-order valence-electron chi connectivity index (χ2n) is 3.94. The summed E-state index contributed by atoms with van der Waals surface area (Å²) in [5.74, 6) is 0.931. The SMILES string of the molecule is CC(C)(C)Oc1ccccc1.[SiH3]O[SiH3]. The summed E-state index contributed by atoms with van der Waals surface area (Å²) in [6, 6.07) is 9.86. The second-order valence-corrected chi connectivity index (χ2v) is 7.20. The van der Waals surface area contributed by atoms with Gasteiger partial charge in [-0.3, -0.25) is 0 Å². The van der Waals surface area contributed by atoms with Crippen molar-refractivity contribution in [1.29, 1.82) is 0 Å². The maximum Gasteiger partial charge on any atom is 0.129 e. The van der Waals surface area contributed by atoms with Crippen molar-refractivity contribution < 1.29 is 8.85 Å². The average Bonchev–Trinajstić information content (AvgIpc) is 2.04. The highest BCUT2D eigenvalue weighted by molar-refractivity contribution is 6.15. The van der Waals surface area contributed by atoms with Gasteiger partial charge in [-0.25, -0.2) is 0 Å². The molecule has 0 aliphatic heterocycles. The lowest BCUT2D eigenvalue weighted by atomic mass is 10.2. The quantitative estimate of drug-likeness (QED) is 0.649. The van der Waals surface area contributed by atoms with Crippen LogP contribution >= 0.6 is 0 Å². The minimum atomic E-state index is -0.0959. The van der Waals surface area contributed by atoms with Crippen molar-refractivity contribution in [1.82, 2.24) is 0 Å². The Kier molecular flexibility index (Phi) is 6.52. The van der Waals surface area contributed by atoms with Crippen LogP contribution < -0.4 is 4.74 Å². The predicted molar refractivity (Wildman–Crippen MR) is 67.8 cm³/mol. The van der Waals surface area contributed by atoms with E-state index in [0.29, 0.717) is 0 Å². The van der Waals surface area contributed by atoms with Gasteiger partial charge in [0.2, 0.25) is 0 Å². The molecule has 80 valence electrons. The van der Waals surface area contributed by atoms with Crippen LogP contribution in [0, 0.1) is 0 Å². The van der Waals surface area contributed by atoms with Gasteiger partial charge < -0.3 is 8.85 Å². The van der Waals surface area contributed by atoms with Gasteiger partial charge in [0.1, 0.15) is 32.3 Å². The minimum Gasteiger partial charge on any atom is -0.488 e. The largest absolute Gasteiger partial charge is 0.488 e. The van der Waals surface area contributed by atoms with E-state index in [1.165, 1.54) is 0 Å². The summed E-state index contributed by atoms with van der Waals surface area (Å²) >= 11 is 0. The Hall–Kier alpha value is -0.586. The Labute approximate surface area is 92.7 Å². The van der Waals surface area contributed by atoms with Crippen LogP contribution in [0.4, 0.5) is 0 Å². The van der Waals surface area contributed by atoms with Crippen LogP contribution in [-0.2, 0) is 4.12 Å².